The summed E-state index contributed by atoms with van der Waals surface area (Å²) in [7, 11) is 0. The predicted molar refractivity (Wildman–Crippen MR) is 45.1 cm³/mol. The van der Waals surface area contributed by atoms with E-state index < -0.39 is 0 Å². The number of aliphatic hydroxyl groups is 1. The molecule has 0 bridgehead atoms. The molecule has 4 nitrogen and oxygen atoms in total. The number of rotatable bonds is 5. The van der Waals surface area contributed by atoms with Crippen molar-refractivity contribution in [1.29, 1.82) is 0 Å². The fraction of sp³-hybridized carbons (Fsp3) is 0.375. The molecule has 1 rings (SSSR count). The van der Waals surface area contributed by atoms with Crippen LogP contribution in [-0.4, -0.2) is 35.6 Å². The third-order valence-electron chi connectivity index (χ3n) is 1.47. The van der Waals surface area contributed by atoms with Crippen LogP contribution in [-0.2, 0) is 0 Å². The van der Waals surface area contributed by atoms with Gasteiger partial charge in [-0.3, -0.25) is 4.79 Å². The number of hydrogen-bond donors (Lipinski definition) is 3. The first-order valence-electron chi connectivity index (χ1n) is 3.83. The van der Waals surface area contributed by atoms with Crippen molar-refractivity contribution in [3.8, 4) is 0 Å². The Morgan fingerprint density at radius 3 is 3.08 bits per heavy atom. The summed E-state index contributed by atoms with van der Waals surface area (Å²) in [5.74, 6) is 0.00782. The highest BCUT2D eigenvalue weighted by atomic mass is 16.3. The molecule has 0 atom stereocenters. The third-order valence-corrected chi connectivity index (χ3v) is 1.47. The Bertz CT molecular complexity index is 231. The highest BCUT2D eigenvalue weighted by Crippen LogP contribution is 1.94. The average Bonchev–Trinajstić information content (AvgIpc) is 2.56. The quantitative estimate of drug-likeness (QED) is 0.420. The first-order valence-corrected chi connectivity index (χ1v) is 3.83. The molecule has 0 fully saturated rings. The summed E-state index contributed by atoms with van der Waals surface area (Å²) in [6, 6.07) is 3.50. The van der Waals surface area contributed by atoms with E-state index in [9.17, 15) is 4.79 Å². The van der Waals surface area contributed by atoms with Gasteiger partial charge in [-0.25, -0.2) is 0 Å². The lowest BCUT2D eigenvalue weighted by atomic mass is 10.3. The highest BCUT2D eigenvalue weighted by Gasteiger charge is 2.03. The zero-order valence-corrected chi connectivity index (χ0v) is 6.71. The van der Waals surface area contributed by atoms with Gasteiger partial charge in [-0.05, 0) is 12.1 Å². The van der Waals surface area contributed by atoms with Crippen LogP contribution in [0, 0.1) is 0 Å². The van der Waals surface area contributed by atoms with E-state index in [0.717, 1.165) is 0 Å². The van der Waals surface area contributed by atoms with Gasteiger partial charge in [-0.2, -0.15) is 0 Å². The maximum Gasteiger partial charge on any atom is 0.192 e. The van der Waals surface area contributed by atoms with E-state index in [-0.39, 0.29) is 18.9 Å². The topological polar surface area (TPSA) is 65.1 Å². The number of Topliss-reactive ketones (excluding diaryl/α,β-unsaturated/α-hetero) is 1. The van der Waals surface area contributed by atoms with Gasteiger partial charge in [0.1, 0.15) is 0 Å². The molecule has 0 aliphatic carbocycles. The second-order valence-corrected chi connectivity index (χ2v) is 2.41. The zero-order valence-electron chi connectivity index (χ0n) is 6.71. The standard InChI is InChI=1S/C8H12N2O2/c11-5-4-9-6-8(12)7-2-1-3-10-7/h1-3,9-11H,4-6H2. The van der Waals surface area contributed by atoms with Gasteiger partial charge in [0.2, 0.25) is 0 Å². The van der Waals surface area contributed by atoms with Gasteiger partial charge in [0.05, 0.1) is 18.8 Å². The maximum atomic E-state index is 11.2. The SMILES string of the molecule is O=C(CNCCO)c1ccc[nH]1. The van der Waals surface area contributed by atoms with Crippen molar-refractivity contribution in [2.45, 2.75) is 0 Å². The van der Waals surface area contributed by atoms with Crippen LogP contribution in [0.5, 0.6) is 0 Å². The largest absolute Gasteiger partial charge is 0.395 e. The molecule has 1 aromatic heterocycles. The summed E-state index contributed by atoms with van der Waals surface area (Å²) in [6.07, 6.45) is 1.71. The zero-order chi connectivity index (χ0) is 8.81. The Balaban J connectivity index is 2.30. The van der Waals surface area contributed by atoms with Crippen LogP contribution in [0.2, 0.25) is 0 Å². The predicted octanol–water partition coefficient (Wildman–Crippen LogP) is -0.221. The Morgan fingerprint density at radius 1 is 1.67 bits per heavy atom. The number of H-pyrrole nitrogens is 1. The third kappa shape index (κ3) is 2.48. The van der Waals surface area contributed by atoms with Crippen molar-refractivity contribution in [3.05, 3.63) is 24.0 Å². The summed E-state index contributed by atoms with van der Waals surface area (Å²) >= 11 is 0. The first-order chi connectivity index (χ1) is 5.84. The van der Waals surface area contributed by atoms with E-state index in [1.165, 1.54) is 0 Å². The van der Waals surface area contributed by atoms with Crippen molar-refractivity contribution in [3.63, 3.8) is 0 Å². The molecule has 0 saturated carbocycles. The van der Waals surface area contributed by atoms with Gasteiger partial charge >= 0.3 is 0 Å². The lowest BCUT2D eigenvalue weighted by Crippen LogP contribution is -2.25. The number of nitrogens with one attached hydrogen (secondary N) is 2. The molecular weight excluding hydrogens is 156 g/mol. The highest BCUT2D eigenvalue weighted by molar-refractivity contribution is 5.95. The molecule has 0 aliphatic heterocycles. The van der Waals surface area contributed by atoms with Crippen LogP contribution in [0.25, 0.3) is 0 Å². The van der Waals surface area contributed by atoms with Crippen LogP contribution in [0.3, 0.4) is 0 Å². The Labute approximate surface area is 70.6 Å². The van der Waals surface area contributed by atoms with Gasteiger partial charge < -0.3 is 15.4 Å². The fourth-order valence-corrected chi connectivity index (χ4v) is 0.880. The molecule has 1 heterocycles. The van der Waals surface area contributed by atoms with Crippen molar-refractivity contribution in [1.82, 2.24) is 10.3 Å². The minimum absolute atomic E-state index is 0.00782. The molecule has 3 N–H and O–H groups in total. The Morgan fingerprint density at radius 2 is 2.50 bits per heavy atom. The van der Waals surface area contributed by atoms with Crippen molar-refractivity contribution in [2.24, 2.45) is 0 Å². The van der Waals surface area contributed by atoms with E-state index in [1.54, 1.807) is 18.3 Å². The maximum absolute atomic E-state index is 11.2. The minimum atomic E-state index is 0.00782. The molecule has 0 radical (unpaired) electrons. The van der Waals surface area contributed by atoms with Gasteiger partial charge in [-0.15, -0.1) is 0 Å². The van der Waals surface area contributed by atoms with Crippen LogP contribution >= 0.6 is 0 Å². The minimum Gasteiger partial charge on any atom is -0.395 e. The summed E-state index contributed by atoms with van der Waals surface area (Å²) in [4.78, 5) is 14.0. The molecule has 0 saturated heterocycles. The van der Waals surface area contributed by atoms with E-state index in [2.05, 4.69) is 10.3 Å². The van der Waals surface area contributed by atoms with Gasteiger partial charge in [0.15, 0.2) is 5.78 Å². The molecule has 4 heteroatoms. The second-order valence-electron chi connectivity index (χ2n) is 2.41. The van der Waals surface area contributed by atoms with Crippen molar-refractivity contribution in [2.75, 3.05) is 19.7 Å². The molecule has 0 aliphatic rings. The van der Waals surface area contributed by atoms with E-state index in [0.29, 0.717) is 12.2 Å². The van der Waals surface area contributed by atoms with Crippen LogP contribution in [0.4, 0.5) is 0 Å². The first kappa shape index (κ1) is 8.96. The Kier molecular flexibility index (Phi) is 3.50. The number of aliphatic hydroxyl groups excluding tert-OH is 1. The lowest BCUT2D eigenvalue weighted by Gasteiger charge is -1.99. The lowest BCUT2D eigenvalue weighted by molar-refractivity contribution is 0.0985. The summed E-state index contributed by atoms with van der Waals surface area (Å²) < 4.78 is 0. The van der Waals surface area contributed by atoms with Gasteiger partial charge in [0.25, 0.3) is 0 Å². The van der Waals surface area contributed by atoms with Gasteiger partial charge in [0, 0.05) is 12.7 Å². The fourth-order valence-electron chi connectivity index (χ4n) is 0.880. The van der Waals surface area contributed by atoms with Crippen LogP contribution in [0.15, 0.2) is 18.3 Å². The average molecular weight is 168 g/mol. The van der Waals surface area contributed by atoms with Gasteiger partial charge in [-0.1, -0.05) is 0 Å². The molecule has 0 spiro atoms. The van der Waals surface area contributed by atoms with Crippen molar-refractivity contribution < 1.29 is 9.90 Å². The normalized spacial score (nSPS) is 10.1. The Hall–Kier alpha value is -1.13. The number of aromatic nitrogens is 1. The monoisotopic (exact) mass is 168 g/mol. The summed E-state index contributed by atoms with van der Waals surface area (Å²) in [6.45, 7) is 0.769. The number of hydrogen-bond acceptors (Lipinski definition) is 3. The van der Waals surface area contributed by atoms with Crippen LogP contribution in [0.1, 0.15) is 10.5 Å². The molecule has 0 aromatic carbocycles. The molecule has 12 heavy (non-hydrogen) atoms. The van der Waals surface area contributed by atoms with E-state index in [1.807, 2.05) is 0 Å². The number of ketones is 1. The molecule has 66 valence electrons. The number of aromatic amines is 1. The number of carbonyl (C=O) groups excluding carboxylic acids is 1. The van der Waals surface area contributed by atoms with E-state index >= 15 is 0 Å². The van der Waals surface area contributed by atoms with E-state index in [4.69, 9.17) is 5.11 Å². The second kappa shape index (κ2) is 4.69. The molecule has 0 amide bonds. The summed E-state index contributed by atoms with van der Waals surface area (Å²) in [5.41, 5.74) is 0.598. The smallest absolute Gasteiger partial charge is 0.192 e. The number of carbonyl (C=O) groups is 1. The summed E-state index contributed by atoms with van der Waals surface area (Å²) in [5, 5.41) is 11.2. The van der Waals surface area contributed by atoms with Crippen LogP contribution < -0.4 is 5.32 Å². The molecule has 0 unspecified atom stereocenters. The molecule has 1 aromatic rings. The van der Waals surface area contributed by atoms with Crippen molar-refractivity contribution >= 4 is 5.78 Å². The molecular formula is C8H12N2O2.